The van der Waals surface area contributed by atoms with Gasteiger partial charge >= 0.3 is 0 Å². The summed E-state index contributed by atoms with van der Waals surface area (Å²) in [5.74, 6) is 1.72. The first-order valence-electron chi connectivity index (χ1n) is 7.31. The fourth-order valence-corrected chi connectivity index (χ4v) is 2.66. The molecule has 0 bridgehead atoms. The van der Waals surface area contributed by atoms with Crippen LogP contribution in [0.4, 0.5) is 0 Å². The van der Waals surface area contributed by atoms with Crippen LogP contribution in [0.2, 0.25) is 0 Å². The first-order valence-corrected chi connectivity index (χ1v) is 7.31. The van der Waals surface area contributed by atoms with Crippen LogP contribution in [0.5, 0.6) is 11.5 Å². The maximum Gasteiger partial charge on any atom is 0.128 e. The topological polar surface area (TPSA) is 44.5 Å². The maximum atomic E-state index is 6.21. The lowest BCUT2D eigenvalue weighted by Crippen LogP contribution is -2.17. The van der Waals surface area contributed by atoms with Gasteiger partial charge in [0.15, 0.2) is 0 Å². The smallest absolute Gasteiger partial charge is 0.128 e. The van der Waals surface area contributed by atoms with Crippen molar-refractivity contribution in [1.29, 1.82) is 0 Å². The molecule has 0 radical (unpaired) electrons. The predicted molar refractivity (Wildman–Crippen MR) is 77.7 cm³/mol. The largest absolute Gasteiger partial charge is 0.497 e. The minimum atomic E-state index is -0.0216. The minimum absolute atomic E-state index is 0.0216. The van der Waals surface area contributed by atoms with Gasteiger partial charge < -0.3 is 15.2 Å². The fourth-order valence-electron chi connectivity index (χ4n) is 2.66. The average Bonchev–Trinajstić information content (AvgIpc) is 2.67. The van der Waals surface area contributed by atoms with Crippen molar-refractivity contribution >= 4 is 0 Å². The molecule has 1 saturated carbocycles. The number of hydrogen-bond donors (Lipinski definition) is 1. The highest BCUT2D eigenvalue weighted by Crippen LogP contribution is 2.31. The summed E-state index contributed by atoms with van der Waals surface area (Å²) >= 11 is 0. The number of nitrogens with two attached hydrogens (primary N) is 1. The van der Waals surface area contributed by atoms with Gasteiger partial charge in [-0.05, 0) is 38.7 Å². The van der Waals surface area contributed by atoms with E-state index in [-0.39, 0.29) is 6.04 Å². The number of benzene rings is 1. The van der Waals surface area contributed by atoms with Crippen LogP contribution in [0.1, 0.15) is 57.1 Å². The van der Waals surface area contributed by atoms with Crippen molar-refractivity contribution in [3.05, 3.63) is 23.8 Å². The van der Waals surface area contributed by atoms with Crippen molar-refractivity contribution in [2.75, 3.05) is 7.11 Å². The molecule has 1 atom stereocenters. The summed E-state index contributed by atoms with van der Waals surface area (Å²) < 4.78 is 11.5. The lowest BCUT2D eigenvalue weighted by atomic mass is 10.1. The fraction of sp³-hybridized carbons (Fsp3) is 0.625. The van der Waals surface area contributed by atoms with Gasteiger partial charge in [0.1, 0.15) is 11.5 Å². The van der Waals surface area contributed by atoms with Crippen LogP contribution in [-0.2, 0) is 0 Å². The summed E-state index contributed by atoms with van der Waals surface area (Å²) in [5.41, 5.74) is 7.08. The molecule has 1 aliphatic rings. The van der Waals surface area contributed by atoms with E-state index in [0.717, 1.165) is 29.9 Å². The van der Waals surface area contributed by atoms with Crippen LogP contribution in [0.3, 0.4) is 0 Å². The molecule has 106 valence electrons. The van der Waals surface area contributed by atoms with E-state index < -0.39 is 0 Å². The normalized spacial score (nSPS) is 18.7. The Balaban J connectivity index is 2.16. The van der Waals surface area contributed by atoms with Gasteiger partial charge in [-0.3, -0.25) is 0 Å². The Morgan fingerprint density at radius 2 is 1.84 bits per heavy atom. The molecule has 0 aliphatic heterocycles. The zero-order chi connectivity index (χ0) is 13.7. The first-order chi connectivity index (χ1) is 9.20. The quantitative estimate of drug-likeness (QED) is 0.840. The predicted octanol–water partition coefficient (Wildman–Crippen LogP) is 3.82. The van der Waals surface area contributed by atoms with Gasteiger partial charge in [0.05, 0.1) is 13.2 Å². The Morgan fingerprint density at radius 1 is 1.16 bits per heavy atom. The molecule has 0 amide bonds. The van der Waals surface area contributed by atoms with E-state index in [4.69, 9.17) is 15.2 Å². The molecular weight excluding hydrogens is 238 g/mol. The third-order valence-corrected chi connectivity index (χ3v) is 3.81. The van der Waals surface area contributed by atoms with Gasteiger partial charge in [-0.15, -0.1) is 0 Å². The summed E-state index contributed by atoms with van der Waals surface area (Å²) in [6.07, 6.45) is 7.82. The molecule has 0 saturated heterocycles. The molecule has 3 heteroatoms. The summed E-state index contributed by atoms with van der Waals surface area (Å²) in [6, 6.07) is 5.89. The zero-order valence-corrected chi connectivity index (χ0v) is 12.0. The highest BCUT2D eigenvalue weighted by Gasteiger charge is 2.17. The third-order valence-electron chi connectivity index (χ3n) is 3.81. The Kier molecular flexibility index (Phi) is 5.08. The molecule has 1 aromatic rings. The van der Waals surface area contributed by atoms with Crippen LogP contribution in [0, 0.1) is 0 Å². The average molecular weight is 263 g/mol. The van der Waals surface area contributed by atoms with Gasteiger partial charge in [-0.2, -0.15) is 0 Å². The van der Waals surface area contributed by atoms with E-state index in [1.165, 1.54) is 25.7 Å². The van der Waals surface area contributed by atoms with Crippen molar-refractivity contribution in [1.82, 2.24) is 0 Å². The van der Waals surface area contributed by atoms with Gasteiger partial charge in [0, 0.05) is 17.7 Å². The molecule has 1 aromatic carbocycles. The molecule has 0 heterocycles. The molecule has 2 rings (SSSR count). The Morgan fingerprint density at radius 3 is 2.42 bits per heavy atom. The molecule has 19 heavy (non-hydrogen) atoms. The lowest BCUT2D eigenvalue weighted by molar-refractivity contribution is 0.180. The van der Waals surface area contributed by atoms with Crippen molar-refractivity contribution in [3.63, 3.8) is 0 Å². The first kappa shape index (κ1) is 14.2. The third kappa shape index (κ3) is 3.87. The molecule has 2 N–H and O–H groups in total. The van der Waals surface area contributed by atoms with E-state index in [2.05, 4.69) is 0 Å². The number of ether oxygens (including phenoxy) is 2. The number of rotatable bonds is 4. The molecule has 0 spiro atoms. The second-order valence-electron chi connectivity index (χ2n) is 5.42. The second-order valence-corrected chi connectivity index (χ2v) is 5.42. The molecule has 3 nitrogen and oxygen atoms in total. The van der Waals surface area contributed by atoms with E-state index in [1.807, 2.05) is 25.1 Å². The standard InChI is InChI=1S/C16H25NO2/c1-12(17)15-10-9-14(18-2)11-16(15)19-13-7-5-3-4-6-8-13/h9-13H,3-8,17H2,1-2H3. The summed E-state index contributed by atoms with van der Waals surface area (Å²) in [6.45, 7) is 1.99. The van der Waals surface area contributed by atoms with Crippen molar-refractivity contribution in [2.24, 2.45) is 5.73 Å². The minimum Gasteiger partial charge on any atom is -0.497 e. The van der Waals surface area contributed by atoms with Crippen molar-refractivity contribution in [2.45, 2.75) is 57.6 Å². The van der Waals surface area contributed by atoms with Crippen LogP contribution in [0.25, 0.3) is 0 Å². The zero-order valence-electron chi connectivity index (χ0n) is 12.0. The molecule has 0 aromatic heterocycles. The Hall–Kier alpha value is -1.22. The Labute approximate surface area is 116 Å². The SMILES string of the molecule is COc1ccc(C(C)N)c(OC2CCCCCC2)c1. The highest BCUT2D eigenvalue weighted by atomic mass is 16.5. The molecular formula is C16H25NO2. The van der Waals surface area contributed by atoms with Gasteiger partial charge in [0.25, 0.3) is 0 Å². The van der Waals surface area contributed by atoms with Crippen LogP contribution < -0.4 is 15.2 Å². The molecule has 1 unspecified atom stereocenters. The monoisotopic (exact) mass is 263 g/mol. The van der Waals surface area contributed by atoms with E-state index in [0.29, 0.717) is 6.10 Å². The number of methoxy groups -OCH3 is 1. The van der Waals surface area contributed by atoms with Crippen LogP contribution >= 0.6 is 0 Å². The van der Waals surface area contributed by atoms with E-state index >= 15 is 0 Å². The van der Waals surface area contributed by atoms with Gasteiger partial charge in [-0.1, -0.05) is 18.9 Å². The Bertz CT molecular complexity index is 396. The van der Waals surface area contributed by atoms with E-state index in [9.17, 15) is 0 Å². The number of hydrogen-bond acceptors (Lipinski definition) is 3. The van der Waals surface area contributed by atoms with Gasteiger partial charge in [-0.25, -0.2) is 0 Å². The van der Waals surface area contributed by atoms with Crippen molar-refractivity contribution in [3.8, 4) is 11.5 Å². The van der Waals surface area contributed by atoms with E-state index in [1.54, 1.807) is 7.11 Å². The summed E-state index contributed by atoms with van der Waals surface area (Å²) in [4.78, 5) is 0. The van der Waals surface area contributed by atoms with Crippen LogP contribution in [0.15, 0.2) is 18.2 Å². The maximum absolute atomic E-state index is 6.21. The molecule has 1 fully saturated rings. The van der Waals surface area contributed by atoms with Crippen LogP contribution in [-0.4, -0.2) is 13.2 Å². The highest BCUT2D eigenvalue weighted by molar-refractivity contribution is 5.42. The second kappa shape index (κ2) is 6.80. The van der Waals surface area contributed by atoms with Gasteiger partial charge in [0.2, 0.25) is 0 Å². The summed E-state index contributed by atoms with van der Waals surface area (Å²) in [7, 11) is 1.68. The lowest BCUT2D eigenvalue weighted by Gasteiger charge is -2.21. The van der Waals surface area contributed by atoms with Crippen molar-refractivity contribution < 1.29 is 9.47 Å². The molecule has 1 aliphatic carbocycles. The summed E-state index contributed by atoms with van der Waals surface area (Å²) in [5, 5.41) is 0.